The molecule has 1 unspecified atom stereocenters. The average Bonchev–Trinajstić information content (AvgIpc) is 3.51. The second-order valence-electron chi connectivity index (χ2n) is 11.3. The number of nitrogens with zero attached hydrogens (tertiary/aromatic N) is 5. The number of carbonyl (C=O) groups excluding carboxylic acids is 2. The lowest BCUT2D eigenvalue weighted by Gasteiger charge is -2.22. The average molecular weight is 509 g/mol. The van der Waals surface area contributed by atoms with Crippen LogP contribution in [-0.2, 0) is 11.8 Å². The van der Waals surface area contributed by atoms with Crippen LogP contribution in [0, 0.1) is 16.7 Å². The van der Waals surface area contributed by atoms with Gasteiger partial charge in [-0.15, -0.1) is 0 Å². The van der Waals surface area contributed by atoms with E-state index in [4.69, 9.17) is 4.42 Å². The minimum atomic E-state index is -0.548. The molecule has 4 rings (SSSR count). The SMILES string of the molecule is CNCC1CN(c2nn(C)cc2NC(=O)c2coc(-c3ccnc(NCC(C)(C)C)c3)n2)C(=O)C1(C)C. The van der Waals surface area contributed by atoms with Gasteiger partial charge in [0.15, 0.2) is 11.5 Å². The number of aryl methyl sites for hydroxylation is 1. The van der Waals surface area contributed by atoms with Gasteiger partial charge in [0.2, 0.25) is 11.8 Å². The van der Waals surface area contributed by atoms with E-state index in [1.54, 1.807) is 35.1 Å². The van der Waals surface area contributed by atoms with Crippen LogP contribution in [-0.4, -0.2) is 58.2 Å². The molecule has 1 aliphatic rings. The van der Waals surface area contributed by atoms with Crippen molar-refractivity contribution < 1.29 is 14.0 Å². The standard InChI is InChI=1S/C26H36N8O3/c1-25(2,3)15-29-20-10-16(8-9-28-20)23-31-19(14-37-23)22(35)30-18-13-33(7)32-21(18)34-12-17(11-27-6)26(4,5)24(34)36/h8-10,13-14,17,27H,11-12,15H2,1-7H3,(H,28,29)(H,30,35). The Hall–Kier alpha value is -3.73. The van der Waals surface area contributed by atoms with Crippen LogP contribution in [0.4, 0.5) is 17.3 Å². The number of anilines is 3. The van der Waals surface area contributed by atoms with E-state index in [0.717, 1.165) is 6.54 Å². The Morgan fingerprint density at radius 3 is 2.76 bits per heavy atom. The largest absolute Gasteiger partial charge is 0.444 e. The third kappa shape index (κ3) is 5.66. The Balaban J connectivity index is 1.51. The molecule has 37 heavy (non-hydrogen) atoms. The van der Waals surface area contributed by atoms with Gasteiger partial charge in [-0.05, 0) is 24.6 Å². The Morgan fingerprint density at radius 1 is 1.30 bits per heavy atom. The number of rotatable bonds is 8. The number of oxazole rings is 1. The molecule has 3 N–H and O–H groups in total. The number of aromatic nitrogens is 4. The molecule has 0 aliphatic carbocycles. The maximum atomic E-state index is 13.2. The van der Waals surface area contributed by atoms with Crippen molar-refractivity contribution in [2.75, 3.05) is 42.2 Å². The van der Waals surface area contributed by atoms with Gasteiger partial charge in [0, 0.05) is 49.8 Å². The van der Waals surface area contributed by atoms with Crippen LogP contribution in [0.3, 0.4) is 0 Å². The van der Waals surface area contributed by atoms with Crippen molar-refractivity contribution in [3.63, 3.8) is 0 Å². The molecule has 1 aliphatic heterocycles. The maximum Gasteiger partial charge on any atom is 0.277 e. The summed E-state index contributed by atoms with van der Waals surface area (Å²) in [4.78, 5) is 36.7. The summed E-state index contributed by atoms with van der Waals surface area (Å²) in [6.45, 7) is 12.3. The molecule has 1 fully saturated rings. The van der Waals surface area contributed by atoms with E-state index in [9.17, 15) is 9.59 Å². The molecular formula is C26H36N8O3. The van der Waals surface area contributed by atoms with Crippen LogP contribution in [0.5, 0.6) is 0 Å². The van der Waals surface area contributed by atoms with E-state index in [1.807, 2.05) is 27.0 Å². The third-order valence-corrected chi connectivity index (χ3v) is 6.53. The Bertz CT molecular complexity index is 1290. The van der Waals surface area contributed by atoms with Crippen molar-refractivity contribution in [1.82, 2.24) is 25.1 Å². The van der Waals surface area contributed by atoms with Crippen molar-refractivity contribution in [2.45, 2.75) is 34.6 Å². The molecule has 1 atom stereocenters. The quantitative estimate of drug-likeness (QED) is 0.422. The second kappa shape index (κ2) is 9.97. The second-order valence-corrected chi connectivity index (χ2v) is 11.3. The Kier molecular flexibility index (Phi) is 7.09. The molecule has 0 radical (unpaired) electrons. The molecule has 198 valence electrons. The van der Waals surface area contributed by atoms with Crippen LogP contribution >= 0.6 is 0 Å². The lowest BCUT2D eigenvalue weighted by atomic mass is 9.81. The first-order chi connectivity index (χ1) is 17.4. The first-order valence-electron chi connectivity index (χ1n) is 12.4. The normalized spacial score (nSPS) is 17.3. The summed E-state index contributed by atoms with van der Waals surface area (Å²) in [6.07, 6.45) is 4.66. The monoisotopic (exact) mass is 508 g/mol. The van der Waals surface area contributed by atoms with Gasteiger partial charge in [-0.3, -0.25) is 19.2 Å². The van der Waals surface area contributed by atoms with Crippen LogP contribution in [0.25, 0.3) is 11.5 Å². The number of carbonyl (C=O) groups is 2. The zero-order chi connectivity index (χ0) is 27.0. The first kappa shape index (κ1) is 26.3. The molecule has 2 amide bonds. The fourth-order valence-electron chi connectivity index (χ4n) is 4.28. The molecule has 0 bridgehead atoms. The minimum Gasteiger partial charge on any atom is -0.444 e. The fourth-order valence-corrected chi connectivity index (χ4v) is 4.28. The van der Waals surface area contributed by atoms with Crippen molar-refractivity contribution in [3.05, 3.63) is 36.5 Å². The number of amides is 2. The molecule has 0 spiro atoms. The van der Waals surface area contributed by atoms with Gasteiger partial charge < -0.3 is 20.4 Å². The zero-order valence-electron chi connectivity index (χ0n) is 22.5. The highest BCUT2D eigenvalue weighted by Crippen LogP contribution is 2.40. The van der Waals surface area contributed by atoms with Crippen LogP contribution < -0.4 is 20.9 Å². The van der Waals surface area contributed by atoms with Gasteiger partial charge in [-0.25, -0.2) is 9.97 Å². The van der Waals surface area contributed by atoms with Crippen molar-refractivity contribution >= 4 is 29.1 Å². The van der Waals surface area contributed by atoms with Gasteiger partial charge in [0.05, 0.1) is 6.20 Å². The molecule has 0 saturated carbocycles. The molecule has 11 nitrogen and oxygen atoms in total. The van der Waals surface area contributed by atoms with Crippen molar-refractivity contribution in [3.8, 4) is 11.5 Å². The summed E-state index contributed by atoms with van der Waals surface area (Å²) >= 11 is 0. The van der Waals surface area contributed by atoms with Crippen LogP contribution in [0.15, 0.2) is 35.2 Å². The number of hydrogen-bond donors (Lipinski definition) is 3. The Morgan fingerprint density at radius 2 is 2.05 bits per heavy atom. The van der Waals surface area contributed by atoms with Crippen LogP contribution in [0.2, 0.25) is 0 Å². The number of nitrogens with one attached hydrogen (secondary N) is 3. The van der Waals surface area contributed by atoms with Gasteiger partial charge in [-0.2, -0.15) is 5.10 Å². The first-order valence-corrected chi connectivity index (χ1v) is 12.4. The van der Waals surface area contributed by atoms with E-state index >= 15 is 0 Å². The van der Waals surface area contributed by atoms with E-state index in [0.29, 0.717) is 41.9 Å². The number of pyridine rings is 1. The predicted octanol–water partition coefficient (Wildman–Crippen LogP) is 3.39. The lowest BCUT2D eigenvalue weighted by molar-refractivity contribution is -0.125. The molecule has 1 saturated heterocycles. The van der Waals surface area contributed by atoms with E-state index in [-0.39, 0.29) is 22.9 Å². The van der Waals surface area contributed by atoms with Gasteiger partial charge in [0.1, 0.15) is 17.8 Å². The lowest BCUT2D eigenvalue weighted by Crippen LogP contribution is -2.34. The summed E-state index contributed by atoms with van der Waals surface area (Å²) < 4.78 is 7.19. The zero-order valence-corrected chi connectivity index (χ0v) is 22.5. The summed E-state index contributed by atoms with van der Waals surface area (Å²) in [5.74, 6) is 1.05. The minimum absolute atomic E-state index is 0.0285. The summed E-state index contributed by atoms with van der Waals surface area (Å²) in [5.41, 5.74) is 0.803. The maximum absolute atomic E-state index is 13.2. The predicted molar refractivity (Wildman–Crippen MR) is 142 cm³/mol. The Labute approximate surface area is 217 Å². The number of hydrogen-bond acceptors (Lipinski definition) is 8. The molecule has 4 heterocycles. The molecule has 3 aromatic heterocycles. The van der Waals surface area contributed by atoms with E-state index < -0.39 is 11.3 Å². The van der Waals surface area contributed by atoms with Crippen molar-refractivity contribution in [1.29, 1.82) is 0 Å². The van der Waals surface area contributed by atoms with Gasteiger partial charge in [-0.1, -0.05) is 34.6 Å². The fraction of sp³-hybridized carbons (Fsp3) is 0.500. The van der Waals surface area contributed by atoms with Gasteiger partial charge >= 0.3 is 0 Å². The smallest absolute Gasteiger partial charge is 0.277 e. The van der Waals surface area contributed by atoms with E-state index in [1.165, 1.54) is 6.26 Å². The summed E-state index contributed by atoms with van der Waals surface area (Å²) in [7, 11) is 3.62. The van der Waals surface area contributed by atoms with Gasteiger partial charge in [0.25, 0.3) is 5.91 Å². The molecule has 0 aromatic carbocycles. The third-order valence-electron chi connectivity index (χ3n) is 6.53. The highest BCUT2D eigenvalue weighted by atomic mass is 16.3. The molecular weight excluding hydrogens is 472 g/mol. The highest BCUT2D eigenvalue weighted by molar-refractivity contribution is 6.07. The summed E-state index contributed by atoms with van der Waals surface area (Å²) in [5, 5.41) is 13.8. The molecule has 11 heteroatoms. The topological polar surface area (TPSA) is 130 Å². The van der Waals surface area contributed by atoms with Crippen molar-refractivity contribution in [2.24, 2.45) is 23.8 Å². The van der Waals surface area contributed by atoms with Crippen LogP contribution in [0.1, 0.15) is 45.1 Å². The highest BCUT2D eigenvalue weighted by Gasteiger charge is 2.48. The van der Waals surface area contributed by atoms with E-state index in [2.05, 4.69) is 51.8 Å². The molecule has 3 aromatic rings. The summed E-state index contributed by atoms with van der Waals surface area (Å²) in [6, 6.07) is 3.61.